The molecule has 0 unspecified atom stereocenters. The van der Waals surface area contributed by atoms with Crippen LogP contribution in [-0.2, 0) is 19.4 Å². The van der Waals surface area contributed by atoms with E-state index in [0.29, 0.717) is 17.9 Å². The average Bonchev–Trinajstić information content (AvgIpc) is 3.31. The second kappa shape index (κ2) is 7.07. The second-order valence-corrected chi connectivity index (χ2v) is 7.16. The van der Waals surface area contributed by atoms with E-state index in [9.17, 15) is 4.79 Å². The second-order valence-electron chi connectivity index (χ2n) is 6.12. The van der Waals surface area contributed by atoms with E-state index in [1.165, 1.54) is 17.5 Å². The summed E-state index contributed by atoms with van der Waals surface area (Å²) < 4.78 is 0. The minimum absolute atomic E-state index is 0.120. The summed E-state index contributed by atoms with van der Waals surface area (Å²) in [5.41, 5.74) is 4.36. The summed E-state index contributed by atoms with van der Waals surface area (Å²) in [6, 6.07) is 14.0. The third kappa shape index (κ3) is 3.56. The number of aryl methyl sites for hydroxylation is 2. The van der Waals surface area contributed by atoms with Gasteiger partial charge >= 0.3 is 0 Å². The van der Waals surface area contributed by atoms with Crippen molar-refractivity contribution in [2.45, 2.75) is 25.8 Å². The molecule has 126 valence electrons. The van der Waals surface area contributed by atoms with E-state index < -0.39 is 0 Å². The van der Waals surface area contributed by atoms with Gasteiger partial charge in [0.25, 0.3) is 5.91 Å². The smallest absolute Gasteiger partial charge is 0.255 e. The number of nitrogens with one attached hydrogen (secondary N) is 2. The van der Waals surface area contributed by atoms with Crippen LogP contribution in [0.3, 0.4) is 0 Å². The van der Waals surface area contributed by atoms with E-state index in [0.717, 1.165) is 23.4 Å². The molecule has 4 nitrogen and oxygen atoms in total. The first-order chi connectivity index (χ1) is 12.3. The van der Waals surface area contributed by atoms with E-state index in [1.54, 1.807) is 29.7 Å². The number of rotatable bonds is 5. The maximum Gasteiger partial charge on any atom is 0.255 e. The van der Waals surface area contributed by atoms with Gasteiger partial charge in [-0.1, -0.05) is 12.1 Å². The number of fused-ring (bicyclic) bond motifs is 1. The molecule has 0 atom stereocenters. The number of hydrogen-bond acceptors (Lipinski definition) is 4. The maximum absolute atomic E-state index is 12.6. The van der Waals surface area contributed by atoms with Gasteiger partial charge < -0.3 is 10.6 Å². The van der Waals surface area contributed by atoms with Crippen LogP contribution in [0.2, 0.25) is 0 Å². The molecular formula is C20H19N3OS. The molecule has 0 spiro atoms. The van der Waals surface area contributed by atoms with Crippen molar-refractivity contribution in [3.8, 4) is 0 Å². The van der Waals surface area contributed by atoms with Crippen LogP contribution in [0, 0.1) is 0 Å². The molecule has 0 fully saturated rings. The van der Waals surface area contributed by atoms with Gasteiger partial charge in [0.2, 0.25) is 0 Å². The molecule has 2 N–H and O–H groups in total. The van der Waals surface area contributed by atoms with Crippen molar-refractivity contribution in [2.24, 2.45) is 0 Å². The van der Waals surface area contributed by atoms with Gasteiger partial charge in [0, 0.05) is 16.8 Å². The fourth-order valence-electron chi connectivity index (χ4n) is 3.15. The van der Waals surface area contributed by atoms with Crippen molar-refractivity contribution in [1.29, 1.82) is 0 Å². The van der Waals surface area contributed by atoms with Gasteiger partial charge in [-0.05, 0) is 66.1 Å². The number of thiophene rings is 1. The number of amides is 1. The number of carbonyl (C=O) groups excluding carboxylic acids is 1. The summed E-state index contributed by atoms with van der Waals surface area (Å²) in [6.45, 7) is 0.531. The van der Waals surface area contributed by atoms with Gasteiger partial charge in [0.15, 0.2) is 0 Å². The summed E-state index contributed by atoms with van der Waals surface area (Å²) >= 11 is 1.63. The maximum atomic E-state index is 12.6. The Labute approximate surface area is 150 Å². The molecule has 5 heteroatoms. The number of nitrogens with zero attached hydrogens (tertiary/aromatic N) is 1. The molecule has 1 aliphatic carbocycles. The van der Waals surface area contributed by atoms with Crippen LogP contribution in [0.5, 0.6) is 0 Å². The summed E-state index contributed by atoms with van der Waals surface area (Å²) in [7, 11) is 0. The normalized spacial score (nSPS) is 12.6. The van der Waals surface area contributed by atoms with Crippen LogP contribution in [0.15, 0.2) is 54.0 Å². The molecule has 0 saturated carbocycles. The van der Waals surface area contributed by atoms with Gasteiger partial charge in [-0.3, -0.25) is 4.79 Å². The van der Waals surface area contributed by atoms with Crippen molar-refractivity contribution in [3.05, 3.63) is 75.6 Å². The van der Waals surface area contributed by atoms with Crippen molar-refractivity contribution >= 4 is 28.7 Å². The first-order valence-corrected chi connectivity index (χ1v) is 9.32. The quantitative estimate of drug-likeness (QED) is 0.722. The van der Waals surface area contributed by atoms with Gasteiger partial charge in [0.05, 0.1) is 12.1 Å². The van der Waals surface area contributed by atoms with Crippen molar-refractivity contribution in [2.75, 3.05) is 5.32 Å². The molecule has 2 aromatic heterocycles. The Hall–Kier alpha value is -2.66. The standard InChI is InChI=1S/C20H19N3OS/c24-20(22-13-17-6-3-11-25-17)18-7-2-10-21-19(18)23-16-9-8-14-4-1-5-15(14)12-16/h2-3,6-12H,1,4-5,13H2,(H,21,23)(H,22,24). The lowest BCUT2D eigenvalue weighted by Gasteiger charge is -2.12. The molecule has 1 amide bonds. The summed E-state index contributed by atoms with van der Waals surface area (Å²) in [5.74, 6) is 0.467. The van der Waals surface area contributed by atoms with Crippen LogP contribution in [0.4, 0.5) is 11.5 Å². The Balaban J connectivity index is 1.51. The van der Waals surface area contributed by atoms with Gasteiger partial charge in [-0.15, -0.1) is 11.3 Å². The Morgan fingerprint density at radius 1 is 1.12 bits per heavy atom. The highest BCUT2D eigenvalue weighted by Crippen LogP contribution is 2.27. The zero-order valence-electron chi connectivity index (χ0n) is 13.8. The van der Waals surface area contributed by atoms with Gasteiger partial charge in [0.1, 0.15) is 5.82 Å². The van der Waals surface area contributed by atoms with Crippen LogP contribution in [0.1, 0.15) is 32.8 Å². The van der Waals surface area contributed by atoms with E-state index >= 15 is 0 Å². The van der Waals surface area contributed by atoms with E-state index in [2.05, 4.69) is 33.8 Å². The Kier molecular flexibility index (Phi) is 4.48. The molecule has 0 radical (unpaired) electrons. The lowest BCUT2D eigenvalue weighted by atomic mass is 10.1. The number of pyridine rings is 1. The lowest BCUT2D eigenvalue weighted by molar-refractivity contribution is 0.0952. The topological polar surface area (TPSA) is 54.0 Å². The van der Waals surface area contributed by atoms with Gasteiger partial charge in [-0.2, -0.15) is 0 Å². The number of aromatic nitrogens is 1. The number of benzene rings is 1. The number of anilines is 2. The minimum Gasteiger partial charge on any atom is -0.347 e. The average molecular weight is 349 g/mol. The van der Waals surface area contributed by atoms with Crippen molar-refractivity contribution in [1.82, 2.24) is 10.3 Å². The van der Waals surface area contributed by atoms with Gasteiger partial charge in [-0.25, -0.2) is 4.98 Å². The summed E-state index contributed by atoms with van der Waals surface area (Å²) in [4.78, 5) is 18.0. The molecule has 4 rings (SSSR count). The highest BCUT2D eigenvalue weighted by atomic mass is 32.1. The third-order valence-electron chi connectivity index (χ3n) is 4.42. The first-order valence-electron chi connectivity index (χ1n) is 8.44. The van der Waals surface area contributed by atoms with E-state index in [1.807, 2.05) is 17.5 Å². The molecule has 0 aliphatic heterocycles. The molecule has 1 aliphatic rings. The highest BCUT2D eigenvalue weighted by molar-refractivity contribution is 7.09. The van der Waals surface area contributed by atoms with Crippen LogP contribution >= 0.6 is 11.3 Å². The largest absolute Gasteiger partial charge is 0.347 e. The molecular weight excluding hydrogens is 330 g/mol. The summed E-state index contributed by atoms with van der Waals surface area (Å²) in [6.07, 6.45) is 5.21. The third-order valence-corrected chi connectivity index (χ3v) is 5.29. The minimum atomic E-state index is -0.120. The van der Waals surface area contributed by atoms with E-state index in [4.69, 9.17) is 0 Å². The van der Waals surface area contributed by atoms with Crippen LogP contribution in [-0.4, -0.2) is 10.9 Å². The zero-order valence-corrected chi connectivity index (χ0v) is 14.6. The predicted octanol–water partition coefficient (Wildman–Crippen LogP) is 4.31. The number of hydrogen-bond donors (Lipinski definition) is 2. The summed E-state index contributed by atoms with van der Waals surface area (Å²) in [5, 5.41) is 8.27. The first kappa shape index (κ1) is 15.8. The molecule has 3 aromatic rings. The van der Waals surface area contributed by atoms with Crippen molar-refractivity contribution in [3.63, 3.8) is 0 Å². The van der Waals surface area contributed by atoms with E-state index in [-0.39, 0.29) is 5.91 Å². The Morgan fingerprint density at radius 3 is 2.92 bits per heavy atom. The van der Waals surface area contributed by atoms with Crippen LogP contribution < -0.4 is 10.6 Å². The Morgan fingerprint density at radius 2 is 2.04 bits per heavy atom. The monoisotopic (exact) mass is 349 g/mol. The lowest BCUT2D eigenvalue weighted by Crippen LogP contribution is -2.23. The predicted molar refractivity (Wildman–Crippen MR) is 101 cm³/mol. The molecule has 25 heavy (non-hydrogen) atoms. The molecule has 0 saturated heterocycles. The highest BCUT2D eigenvalue weighted by Gasteiger charge is 2.14. The number of carbonyl (C=O) groups is 1. The molecule has 1 aromatic carbocycles. The SMILES string of the molecule is O=C(NCc1cccs1)c1cccnc1Nc1ccc2c(c1)CCC2. The molecule has 2 heterocycles. The molecule has 0 bridgehead atoms. The Bertz CT molecular complexity index is 890. The fourth-order valence-corrected chi connectivity index (χ4v) is 3.79. The van der Waals surface area contributed by atoms with Crippen molar-refractivity contribution < 1.29 is 4.79 Å². The van der Waals surface area contributed by atoms with Crippen LogP contribution in [0.25, 0.3) is 0 Å². The zero-order chi connectivity index (χ0) is 17.1. The fraction of sp³-hybridized carbons (Fsp3) is 0.200.